The van der Waals surface area contributed by atoms with E-state index in [0.29, 0.717) is 22.6 Å². The van der Waals surface area contributed by atoms with Crippen LogP contribution in [0.1, 0.15) is 11.1 Å². The van der Waals surface area contributed by atoms with Gasteiger partial charge >= 0.3 is 0 Å². The number of hydrogen-bond acceptors (Lipinski definition) is 4. The summed E-state index contributed by atoms with van der Waals surface area (Å²) in [6.07, 6.45) is 3.86. The van der Waals surface area contributed by atoms with Crippen LogP contribution in [0.15, 0.2) is 28.8 Å². The molecule has 2 rings (SSSR count). The number of rotatable bonds is 1. The Morgan fingerprint density at radius 1 is 1.20 bits per heavy atom. The molecule has 0 aliphatic heterocycles. The van der Waals surface area contributed by atoms with Crippen molar-refractivity contribution in [1.82, 2.24) is 4.98 Å². The molecule has 0 saturated heterocycles. The largest absolute Gasteiger partial charge is 0.433 e. The summed E-state index contributed by atoms with van der Waals surface area (Å²) >= 11 is 0. The molecule has 0 spiro atoms. The summed E-state index contributed by atoms with van der Waals surface area (Å²) in [4.78, 5) is 3.90. The van der Waals surface area contributed by atoms with Crippen LogP contribution < -0.4 is 0 Å². The topological polar surface area (TPSA) is 73.6 Å². The van der Waals surface area contributed by atoms with E-state index in [9.17, 15) is 0 Å². The van der Waals surface area contributed by atoms with Crippen molar-refractivity contribution >= 4 is 0 Å². The Morgan fingerprint density at radius 3 is 2.60 bits per heavy atom. The molecule has 0 bridgehead atoms. The van der Waals surface area contributed by atoms with Crippen LogP contribution in [-0.2, 0) is 0 Å². The number of aromatic nitrogens is 1. The monoisotopic (exact) mass is 194 g/mol. The van der Waals surface area contributed by atoms with Gasteiger partial charge in [-0.25, -0.2) is 4.98 Å². The van der Waals surface area contributed by atoms with Crippen molar-refractivity contribution in [2.24, 2.45) is 0 Å². The zero-order valence-corrected chi connectivity index (χ0v) is 7.56. The van der Waals surface area contributed by atoms with Crippen molar-refractivity contribution in [1.29, 1.82) is 10.5 Å². The van der Waals surface area contributed by atoms with Crippen LogP contribution in [0.2, 0.25) is 0 Å². The second-order valence-corrected chi connectivity index (χ2v) is 2.77. The van der Waals surface area contributed by atoms with Crippen LogP contribution in [0.5, 0.6) is 0 Å². The average molecular weight is 194 g/mol. The molecular formula is C11H4N3O. The fraction of sp³-hybridized carbons (Fsp3) is 0. The lowest BCUT2D eigenvalue weighted by Crippen LogP contribution is -1.85. The molecular weight excluding hydrogens is 190 g/mol. The maximum absolute atomic E-state index is 8.81. The van der Waals surface area contributed by atoms with Gasteiger partial charge in [-0.2, -0.15) is 10.5 Å². The number of benzene rings is 1. The highest BCUT2D eigenvalue weighted by Gasteiger charge is 2.07. The fourth-order valence-electron chi connectivity index (χ4n) is 1.19. The van der Waals surface area contributed by atoms with Crippen LogP contribution >= 0.6 is 0 Å². The molecule has 4 heteroatoms. The smallest absolute Gasteiger partial charge is 0.226 e. The zero-order valence-electron chi connectivity index (χ0n) is 7.56. The van der Waals surface area contributed by atoms with E-state index in [4.69, 9.17) is 14.9 Å². The van der Waals surface area contributed by atoms with Gasteiger partial charge in [0.1, 0.15) is 12.1 Å². The van der Waals surface area contributed by atoms with Gasteiger partial charge < -0.3 is 4.42 Å². The van der Waals surface area contributed by atoms with E-state index >= 15 is 0 Å². The van der Waals surface area contributed by atoms with E-state index in [1.807, 2.05) is 12.1 Å². The van der Waals surface area contributed by atoms with Crippen molar-refractivity contribution in [3.63, 3.8) is 0 Å². The minimum absolute atomic E-state index is 0.313. The molecule has 4 nitrogen and oxygen atoms in total. The molecule has 2 aromatic rings. The van der Waals surface area contributed by atoms with Crippen LogP contribution in [0.4, 0.5) is 0 Å². The van der Waals surface area contributed by atoms with Gasteiger partial charge in [0.05, 0.1) is 17.3 Å². The molecule has 0 saturated carbocycles. The third-order valence-corrected chi connectivity index (χ3v) is 1.90. The molecule has 0 amide bonds. The molecule has 0 atom stereocenters. The fourth-order valence-corrected chi connectivity index (χ4v) is 1.19. The maximum Gasteiger partial charge on any atom is 0.226 e. The number of nitrogens with zero attached hydrogens (tertiary/aromatic N) is 3. The molecule has 69 valence electrons. The standard InChI is InChI=1S/C11H4N3O/c12-6-9-2-1-8(5-10(9)7-13)11-14-3-4-15-11/h1-3,5H. The van der Waals surface area contributed by atoms with E-state index < -0.39 is 0 Å². The van der Waals surface area contributed by atoms with Crippen LogP contribution in [0.25, 0.3) is 11.5 Å². The Hall–Kier alpha value is -2.59. The molecule has 0 aliphatic carbocycles. The molecule has 0 fully saturated rings. The molecule has 15 heavy (non-hydrogen) atoms. The highest BCUT2D eigenvalue weighted by atomic mass is 16.3. The highest BCUT2D eigenvalue weighted by Crippen LogP contribution is 2.19. The van der Waals surface area contributed by atoms with Gasteiger partial charge in [-0.1, -0.05) is 0 Å². The van der Waals surface area contributed by atoms with E-state index in [1.165, 1.54) is 6.20 Å². The van der Waals surface area contributed by atoms with Crippen molar-refractivity contribution in [2.45, 2.75) is 0 Å². The second kappa shape index (κ2) is 3.65. The Labute approximate surface area is 86.0 Å². The Kier molecular flexibility index (Phi) is 2.19. The van der Waals surface area contributed by atoms with Gasteiger partial charge in [0.25, 0.3) is 0 Å². The summed E-state index contributed by atoms with van der Waals surface area (Å²) in [6, 6.07) is 8.70. The van der Waals surface area contributed by atoms with Crippen LogP contribution in [0.3, 0.4) is 0 Å². The molecule has 1 heterocycles. The summed E-state index contributed by atoms with van der Waals surface area (Å²) in [6.45, 7) is 0. The summed E-state index contributed by atoms with van der Waals surface area (Å²) in [5, 5.41) is 17.5. The van der Waals surface area contributed by atoms with Crippen LogP contribution in [0, 0.1) is 28.9 Å². The molecule has 0 aliphatic rings. The molecule has 1 radical (unpaired) electrons. The van der Waals surface area contributed by atoms with Gasteiger partial charge in [0.15, 0.2) is 6.26 Å². The SMILES string of the molecule is N#Cc1ccc(-c2nc[c]o2)cc1C#N. The number of nitriles is 2. The lowest BCUT2D eigenvalue weighted by atomic mass is 10.1. The van der Waals surface area contributed by atoms with Crippen molar-refractivity contribution in [3.8, 4) is 23.6 Å². The second-order valence-electron chi connectivity index (χ2n) is 2.77. The van der Waals surface area contributed by atoms with Gasteiger partial charge in [-0.05, 0) is 18.2 Å². The average Bonchev–Trinajstić information content (AvgIpc) is 2.81. The van der Waals surface area contributed by atoms with E-state index in [1.54, 1.807) is 18.2 Å². The molecule has 1 aromatic carbocycles. The Bertz CT molecular complexity index is 559. The third-order valence-electron chi connectivity index (χ3n) is 1.90. The van der Waals surface area contributed by atoms with Crippen molar-refractivity contribution < 1.29 is 4.42 Å². The highest BCUT2D eigenvalue weighted by molar-refractivity contribution is 5.60. The summed E-state index contributed by atoms with van der Waals surface area (Å²) in [5.74, 6) is 0.385. The van der Waals surface area contributed by atoms with Gasteiger partial charge in [-0.3, -0.25) is 0 Å². The first-order valence-electron chi connectivity index (χ1n) is 4.11. The predicted molar refractivity (Wildman–Crippen MR) is 50.2 cm³/mol. The van der Waals surface area contributed by atoms with Crippen LogP contribution in [-0.4, -0.2) is 4.98 Å². The van der Waals surface area contributed by atoms with Gasteiger partial charge in [0, 0.05) is 5.56 Å². The predicted octanol–water partition coefficient (Wildman–Crippen LogP) is 1.89. The quantitative estimate of drug-likeness (QED) is 0.694. The minimum atomic E-state index is 0.313. The summed E-state index contributed by atoms with van der Waals surface area (Å²) in [7, 11) is 0. The minimum Gasteiger partial charge on any atom is -0.433 e. The third kappa shape index (κ3) is 1.56. The lowest BCUT2D eigenvalue weighted by molar-refractivity contribution is 0.566. The number of oxazole rings is 1. The van der Waals surface area contributed by atoms with E-state index in [0.717, 1.165) is 0 Å². The Morgan fingerprint density at radius 2 is 2.00 bits per heavy atom. The summed E-state index contributed by atoms with van der Waals surface area (Å²) < 4.78 is 4.96. The van der Waals surface area contributed by atoms with Crippen molar-refractivity contribution in [2.75, 3.05) is 0 Å². The van der Waals surface area contributed by atoms with E-state index in [2.05, 4.69) is 11.2 Å². The first-order valence-corrected chi connectivity index (χ1v) is 4.11. The van der Waals surface area contributed by atoms with Crippen molar-refractivity contribution in [3.05, 3.63) is 41.8 Å². The maximum atomic E-state index is 8.81. The van der Waals surface area contributed by atoms with Gasteiger partial charge in [0.2, 0.25) is 5.89 Å². The molecule has 0 N–H and O–H groups in total. The normalized spacial score (nSPS) is 9.20. The zero-order chi connectivity index (χ0) is 10.7. The number of hydrogen-bond donors (Lipinski definition) is 0. The van der Waals surface area contributed by atoms with Gasteiger partial charge in [-0.15, -0.1) is 0 Å². The molecule has 1 aromatic heterocycles. The lowest BCUT2D eigenvalue weighted by Gasteiger charge is -1.97. The molecule has 0 unspecified atom stereocenters. The Balaban J connectivity index is 2.56. The first-order chi connectivity index (χ1) is 7.35. The van der Waals surface area contributed by atoms with E-state index in [-0.39, 0.29) is 0 Å². The summed E-state index contributed by atoms with van der Waals surface area (Å²) in [5.41, 5.74) is 1.32. The first kappa shape index (κ1) is 8.98.